The molecule has 0 aliphatic carbocycles. The van der Waals surface area contributed by atoms with Crippen LogP contribution in [0.25, 0.3) is 11.0 Å². The van der Waals surface area contributed by atoms with Crippen LogP contribution in [0.3, 0.4) is 0 Å². The molecule has 0 amide bonds. The van der Waals surface area contributed by atoms with Gasteiger partial charge in [0.2, 0.25) is 0 Å². The van der Waals surface area contributed by atoms with E-state index in [1.54, 1.807) is 0 Å². The Hall–Kier alpha value is -1.17. The summed E-state index contributed by atoms with van der Waals surface area (Å²) >= 11 is 0. The number of aromatic nitrogens is 2. The molecule has 4 nitrogen and oxygen atoms in total. The third-order valence-electron chi connectivity index (χ3n) is 3.40. The van der Waals surface area contributed by atoms with Gasteiger partial charge in [0.05, 0.1) is 17.6 Å². The van der Waals surface area contributed by atoms with Crippen LogP contribution in [-0.4, -0.2) is 29.3 Å². The second-order valence-electron chi connectivity index (χ2n) is 6.42. The lowest BCUT2D eigenvalue weighted by Gasteiger charge is -2.16. The van der Waals surface area contributed by atoms with E-state index in [-0.39, 0.29) is 6.61 Å². The number of benzene rings is 1. The standard InChI is InChI=1S/C15H24N2O2Si/c1-12-16-14-6-5-13(10-18)9-15(14)17(12)11-19-7-8-20(2,3)4/h5-6,9,18H,7-8,10-11H2,1-4H3. The van der Waals surface area contributed by atoms with Gasteiger partial charge in [-0.1, -0.05) is 25.7 Å². The largest absolute Gasteiger partial charge is 0.392 e. The maximum absolute atomic E-state index is 9.24. The van der Waals surface area contributed by atoms with E-state index in [1.165, 1.54) is 6.04 Å². The summed E-state index contributed by atoms with van der Waals surface area (Å²) in [6.07, 6.45) is 0. The third kappa shape index (κ3) is 3.68. The molecular formula is C15H24N2O2Si. The van der Waals surface area contributed by atoms with E-state index >= 15 is 0 Å². The summed E-state index contributed by atoms with van der Waals surface area (Å²) in [6.45, 7) is 10.4. The lowest BCUT2D eigenvalue weighted by atomic mass is 10.2. The Bertz CT molecular complexity index is 587. The van der Waals surface area contributed by atoms with Crippen LogP contribution in [-0.2, 0) is 18.1 Å². The first-order chi connectivity index (χ1) is 9.40. The molecule has 1 N–H and O–H groups in total. The fourth-order valence-corrected chi connectivity index (χ4v) is 2.84. The number of nitrogens with zero attached hydrogens (tertiary/aromatic N) is 2. The SMILES string of the molecule is Cc1nc2ccc(CO)cc2n1COCC[Si](C)(C)C. The number of aliphatic hydroxyl groups is 1. The molecule has 1 heterocycles. The molecule has 0 spiro atoms. The normalized spacial score (nSPS) is 12.2. The van der Waals surface area contributed by atoms with Crippen molar-refractivity contribution in [2.24, 2.45) is 0 Å². The average molecular weight is 292 g/mol. The van der Waals surface area contributed by atoms with Gasteiger partial charge >= 0.3 is 0 Å². The fraction of sp³-hybridized carbons (Fsp3) is 0.533. The zero-order chi connectivity index (χ0) is 14.8. The molecular weight excluding hydrogens is 268 g/mol. The molecule has 1 aromatic heterocycles. The number of ether oxygens (including phenoxy) is 1. The van der Waals surface area contributed by atoms with E-state index in [0.717, 1.165) is 29.0 Å². The summed E-state index contributed by atoms with van der Waals surface area (Å²) in [5, 5.41) is 9.24. The van der Waals surface area contributed by atoms with E-state index in [0.29, 0.717) is 6.73 Å². The van der Waals surface area contributed by atoms with Gasteiger partial charge in [0.15, 0.2) is 0 Å². The Balaban J connectivity index is 2.10. The minimum atomic E-state index is -1.04. The fourth-order valence-electron chi connectivity index (χ4n) is 2.08. The molecule has 5 heteroatoms. The molecule has 0 aliphatic rings. The van der Waals surface area contributed by atoms with Gasteiger partial charge in [-0.15, -0.1) is 0 Å². The van der Waals surface area contributed by atoms with Crippen molar-refractivity contribution in [1.82, 2.24) is 9.55 Å². The van der Waals surface area contributed by atoms with Crippen molar-refractivity contribution in [3.8, 4) is 0 Å². The Morgan fingerprint density at radius 1 is 1.30 bits per heavy atom. The molecule has 1 aromatic carbocycles. The molecule has 0 atom stereocenters. The van der Waals surface area contributed by atoms with E-state index < -0.39 is 8.07 Å². The number of aliphatic hydroxyl groups excluding tert-OH is 1. The van der Waals surface area contributed by atoms with Crippen LogP contribution >= 0.6 is 0 Å². The highest BCUT2D eigenvalue weighted by atomic mass is 28.3. The number of imidazole rings is 1. The Morgan fingerprint density at radius 2 is 2.05 bits per heavy atom. The monoisotopic (exact) mass is 292 g/mol. The minimum Gasteiger partial charge on any atom is -0.392 e. The number of fused-ring (bicyclic) bond motifs is 1. The van der Waals surface area contributed by atoms with Crippen LogP contribution < -0.4 is 0 Å². The van der Waals surface area contributed by atoms with Crippen molar-refractivity contribution in [3.63, 3.8) is 0 Å². The Morgan fingerprint density at radius 3 is 2.70 bits per heavy atom. The van der Waals surface area contributed by atoms with Crippen molar-refractivity contribution in [1.29, 1.82) is 0 Å². The summed E-state index contributed by atoms with van der Waals surface area (Å²) in [7, 11) is -1.04. The van der Waals surface area contributed by atoms with Gasteiger partial charge in [-0.25, -0.2) is 4.98 Å². The topological polar surface area (TPSA) is 47.3 Å². The molecule has 0 unspecified atom stereocenters. The van der Waals surface area contributed by atoms with Crippen molar-refractivity contribution in [2.75, 3.05) is 6.61 Å². The summed E-state index contributed by atoms with van der Waals surface area (Å²) < 4.78 is 7.88. The van der Waals surface area contributed by atoms with Crippen molar-refractivity contribution in [2.45, 2.75) is 45.9 Å². The number of hydrogen-bond acceptors (Lipinski definition) is 3. The van der Waals surface area contributed by atoms with Gasteiger partial charge in [-0.2, -0.15) is 0 Å². The second-order valence-corrected chi connectivity index (χ2v) is 12.0. The van der Waals surface area contributed by atoms with Gasteiger partial charge < -0.3 is 14.4 Å². The molecule has 2 aromatic rings. The van der Waals surface area contributed by atoms with E-state index in [4.69, 9.17) is 4.74 Å². The van der Waals surface area contributed by atoms with Crippen molar-refractivity contribution in [3.05, 3.63) is 29.6 Å². The maximum atomic E-state index is 9.24. The van der Waals surface area contributed by atoms with Gasteiger partial charge in [0.25, 0.3) is 0 Å². The first kappa shape index (κ1) is 15.2. The molecule has 110 valence electrons. The average Bonchev–Trinajstić information content (AvgIpc) is 2.68. The zero-order valence-corrected chi connectivity index (χ0v) is 13.8. The van der Waals surface area contributed by atoms with Crippen LogP contribution in [0.5, 0.6) is 0 Å². The summed E-state index contributed by atoms with van der Waals surface area (Å²) in [5.41, 5.74) is 2.89. The minimum absolute atomic E-state index is 0.0522. The highest BCUT2D eigenvalue weighted by molar-refractivity contribution is 6.76. The summed E-state index contributed by atoms with van der Waals surface area (Å²) in [5.74, 6) is 0.947. The van der Waals surface area contributed by atoms with E-state index in [1.807, 2.05) is 25.1 Å². The van der Waals surface area contributed by atoms with Crippen molar-refractivity contribution < 1.29 is 9.84 Å². The Labute approximate surface area is 121 Å². The van der Waals surface area contributed by atoms with Crippen LogP contribution in [0.1, 0.15) is 11.4 Å². The lowest BCUT2D eigenvalue weighted by Crippen LogP contribution is -2.22. The lowest BCUT2D eigenvalue weighted by molar-refractivity contribution is 0.0885. The molecule has 0 fully saturated rings. The van der Waals surface area contributed by atoms with Gasteiger partial charge in [-0.3, -0.25) is 0 Å². The molecule has 0 saturated carbocycles. The Kier molecular flexibility index (Phi) is 4.62. The molecule has 2 rings (SSSR count). The second kappa shape index (κ2) is 6.07. The third-order valence-corrected chi connectivity index (χ3v) is 5.11. The first-order valence-electron chi connectivity index (χ1n) is 7.05. The van der Waals surface area contributed by atoms with Crippen LogP contribution in [0, 0.1) is 6.92 Å². The molecule has 0 bridgehead atoms. The van der Waals surface area contributed by atoms with E-state index in [2.05, 4.69) is 29.2 Å². The molecule has 0 aliphatic heterocycles. The highest BCUT2D eigenvalue weighted by Gasteiger charge is 2.13. The van der Waals surface area contributed by atoms with Crippen molar-refractivity contribution >= 4 is 19.1 Å². The van der Waals surface area contributed by atoms with Gasteiger partial charge in [0, 0.05) is 14.7 Å². The molecule has 20 heavy (non-hydrogen) atoms. The predicted octanol–water partition coefficient (Wildman–Crippen LogP) is 3.15. The number of rotatable bonds is 6. The first-order valence-corrected chi connectivity index (χ1v) is 10.8. The predicted molar refractivity (Wildman–Crippen MR) is 84.5 cm³/mol. The number of hydrogen-bond donors (Lipinski definition) is 1. The smallest absolute Gasteiger partial charge is 0.124 e. The van der Waals surface area contributed by atoms with Gasteiger partial charge in [0.1, 0.15) is 12.6 Å². The maximum Gasteiger partial charge on any atom is 0.124 e. The van der Waals surface area contributed by atoms with Crippen LogP contribution in [0.2, 0.25) is 25.7 Å². The molecule has 0 radical (unpaired) electrons. The zero-order valence-electron chi connectivity index (χ0n) is 12.8. The van der Waals surface area contributed by atoms with E-state index in [9.17, 15) is 5.11 Å². The number of aryl methyl sites for hydroxylation is 1. The van der Waals surface area contributed by atoms with Crippen LogP contribution in [0.15, 0.2) is 18.2 Å². The quantitative estimate of drug-likeness (QED) is 0.657. The summed E-state index contributed by atoms with van der Waals surface area (Å²) in [6, 6.07) is 7.01. The summed E-state index contributed by atoms with van der Waals surface area (Å²) in [4.78, 5) is 4.53. The molecule has 0 saturated heterocycles. The highest BCUT2D eigenvalue weighted by Crippen LogP contribution is 2.18. The van der Waals surface area contributed by atoms with Crippen LogP contribution in [0.4, 0.5) is 0 Å². The van der Waals surface area contributed by atoms with Gasteiger partial charge in [-0.05, 0) is 30.7 Å².